The predicted octanol–water partition coefficient (Wildman–Crippen LogP) is 2.68. The van der Waals surface area contributed by atoms with Gasteiger partial charge in [0.05, 0.1) is 0 Å². The van der Waals surface area contributed by atoms with Gasteiger partial charge in [-0.3, -0.25) is 9.80 Å². The molecule has 0 amide bonds. The third kappa shape index (κ3) is 6.59. The minimum Gasteiger partial charge on any atom is -0.473 e. The standard InChI is InChI=1S/C18H27FN2.C2H2O4/c1-15-6-2-5-9-18(15)21-12-10-20(11-13-21)14-16-7-3-4-8-17(16)19;3-1(4)2(5)6/h3-4,7-8,15,18H,2,5-6,9-14H2,1H3;(H,3,4)(H,5,6). The monoisotopic (exact) mass is 380 g/mol. The number of carboxylic acids is 2. The quantitative estimate of drug-likeness (QED) is 0.785. The van der Waals surface area contributed by atoms with Crippen LogP contribution in [-0.2, 0) is 16.1 Å². The first-order valence-electron chi connectivity index (χ1n) is 9.54. The number of hydrogen-bond donors (Lipinski definition) is 2. The van der Waals surface area contributed by atoms with Gasteiger partial charge < -0.3 is 10.2 Å². The zero-order valence-electron chi connectivity index (χ0n) is 15.8. The Hall–Kier alpha value is -1.99. The number of aliphatic carboxylic acids is 2. The number of piperazine rings is 1. The molecule has 0 radical (unpaired) electrons. The molecule has 1 aromatic carbocycles. The first-order chi connectivity index (χ1) is 12.9. The number of carbonyl (C=O) groups is 2. The van der Waals surface area contributed by atoms with Gasteiger partial charge in [-0.15, -0.1) is 0 Å². The zero-order chi connectivity index (χ0) is 19.8. The Morgan fingerprint density at radius 2 is 1.63 bits per heavy atom. The Morgan fingerprint density at radius 1 is 1.04 bits per heavy atom. The number of nitrogens with zero attached hydrogens (tertiary/aromatic N) is 2. The lowest BCUT2D eigenvalue weighted by Gasteiger charge is -2.43. The number of halogens is 1. The van der Waals surface area contributed by atoms with Crippen molar-refractivity contribution < 1.29 is 24.2 Å². The van der Waals surface area contributed by atoms with Gasteiger partial charge in [-0.25, -0.2) is 14.0 Å². The first kappa shape index (κ1) is 21.3. The number of hydrogen-bond acceptors (Lipinski definition) is 4. The Kier molecular flexibility index (Phi) is 8.19. The van der Waals surface area contributed by atoms with E-state index >= 15 is 0 Å². The van der Waals surface area contributed by atoms with E-state index < -0.39 is 11.9 Å². The highest BCUT2D eigenvalue weighted by atomic mass is 19.1. The summed E-state index contributed by atoms with van der Waals surface area (Å²) in [5, 5.41) is 14.8. The highest BCUT2D eigenvalue weighted by Gasteiger charge is 2.29. The van der Waals surface area contributed by atoms with Crippen molar-refractivity contribution in [2.24, 2.45) is 5.92 Å². The largest absolute Gasteiger partial charge is 0.473 e. The molecule has 2 unspecified atom stereocenters. The molecule has 6 nitrogen and oxygen atoms in total. The molecule has 2 fully saturated rings. The molecule has 2 aliphatic rings. The van der Waals surface area contributed by atoms with Crippen LogP contribution in [0.2, 0.25) is 0 Å². The molecule has 1 aromatic rings. The fourth-order valence-electron chi connectivity index (χ4n) is 3.96. The van der Waals surface area contributed by atoms with Gasteiger partial charge in [0.2, 0.25) is 0 Å². The molecule has 0 aromatic heterocycles. The highest BCUT2D eigenvalue weighted by molar-refractivity contribution is 6.27. The van der Waals surface area contributed by atoms with Crippen LogP contribution in [0.25, 0.3) is 0 Å². The summed E-state index contributed by atoms with van der Waals surface area (Å²) in [5.41, 5.74) is 0.831. The summed E-state index contributed by atoms with van der Waals surface area (Å²) in [5.74, 6) is -2.87. The maximum atomic E-state index is 13.7. The van der Waals surface area contributed by atoms with Crippen molar-refractivity contribution in [3.8, 4) is 0 Å². The van der Waals surface area contributed by atoms with Crippen molar-refractivity contribution in [1.82, 2.24) is 9.80 Å². The van der Waals surface area contributed by atoms with Crippen molar-refractivity contribution in [1.29, 1.82) is 0 Å². The Balaban J connectivity index is 0.000000380. The normalized spacial score (nSPS) is 23.9. The van der Waals surface area contributed by atoms with E-state index in [1.54, 1.807) is 12.1 Å². The molecule has 1 heterocycles. The lowest BCUT2D eigenvalue weighted by atomic mass is 9.84. The van der Waals surface area contributed by atoms with Crippen LogP contribution in [0.1, 0.15) is 38.2 Å². The SMILES string of the molecule is CC1CCCCC1N1CCN(Cc2ccccc2F)CC1.O=C(O)C(=O)O. The lowest BCUT2D eigenvalue weighted by molar-refractivity contribution is -0.159. The topological polar surface area (TPSA) is 81.1 Å². The van der Waals surface area contributed by atoms with Crippen LogP contribution in [0.15, 0.2) is 24.3 Å². The molecular formula is C20H29FN2O4. The third-order valence-corrected chi connectivity index (χ3v) is 5.48. The molecular weight excluding hydrogens is 351 g/mol. The molecule has 1 saturated carbocycles. The summed E-state index contributed by atoms with van der Waals surface area (Å²) in [6.07, 6.45) is 5.56. The summed E-state index contributed by atoms with van der Waals surface area (Å²) in [6.45, 7) is 7.58. The molecule has 1 saturated heterocycles. The fraction of sp³-hybridized carbons (Fsp3) is 0.600. The van der Waals surface area contributed by atoms with E-state index in [4.69, 9.17) is 19.8 Å². The Morgan fingerprint density at radius 3 is 2.19 bits per heavy atom. The van der Waals surface area contributed by atoms with E-state index in [9.17, 15) is 4.39 Å². The molecule has 1 aliphatic carbocycles. The van der Waals surface area contributed by atoms with Gasteiger partial charge in [-0.2, -0.15) is 0 Å². The van der Waals surface area contributed by atoms with Crippen molar-refractivity contribution in [3.63, 3.8) is 0 Å². The van der Waals surface area contributed by atoms with Crippen molar-refractivity contribution in [2.45, 2.75) is 45.2 Å². The molecule has 0 bridgehead atoms. The van der Waals surface area contributed by atoms with Crippen LogP contribution in [-0.4, -0.2) is 64.2 Å². The van der Waals surface area contributed by atoms with E-state index in [1.807, 2.05) is 12.1 Å². The molecule has 2 N–H and O–H groups in total. The first-order valence-corrected chi connectivity index (χ1v) is 9.54. The number of carboxylic acid groups (broad SMARTS) is 2. The van der Waals surface area contributed by atoms with Gasteiger partial charge in [0.25, 0.3) is 0 Å². The van der Waals surface area contributed by atoms with Gasteiger partial charge in [-0.1, -0.05) is 38.0 Å². The average molecular weight is 380 g/mol. The second-order valence-electron chi connectivity index (χ2n) is 7.34. The van der Waals surface area contributed by atoms with E-state index in [1.165, 1.54) is 25.7 Å². The van der Waals surface area contributed by atoms with Crippen LogP contribution in [0.5, 0.6) is 0 Å². The Labute approximate surface area is 159 Å². The zero-order valence-corrected chi connectivity index (χ0v) is 15.8. The van der Waals surface area contributed by atoms with Gasteiger partial charge in [0, 0.05) is 44.3 Å². The van der Waals surface area contributed by atoms with Crippen molar-refractivity contribution in [3.05, 3.63) is 35.6 Å². The van der Waals surface area contributed by atoms with Crippen LogP contribution in [0, 0.1) is 11.7 Å². The molecule has 3 rings (SSSR count). The van der Waals surface area contributed by atoms with Gasteiger partial charge in [0.15, 0.2) is 0 Å². The fourth-order valence-corrected chi connectivity index (χ4v) is 3.96. The van der Waals surface area contributed by atoms with E-state index in [0.29, 0.717) is 0 Å². The molecule has 0 spiro atoms. The van der Waals surface area contributed by atoms with Crippen LogP contribution in [0.3, 0.4) is 0 Å². The maximum Gasteiger partial charge on any atom is 0.414 e. The smallest absolute Gasteiger partial charge is 0.414 e. The molecule has 150 valence electrons. The van der Waals surface area contributed by atoms with Gasteiger partial charge in [0.1, 0.15) is 5.82 Å². The van der Waals surface area contributed by atoms with Gasteiger partial charge in [-0.05, 0) is 24.8 Å². The number of rotatable bonds is 3. The minimum absolute atomic E-state index is 0.0687. The molecule has 27 heavy (non-hydrogen) atoms. The van der Waals surface area contributed by atoms with Crippen LogP contribution < -0.4 is 0 Å². The summed E-state index contributed by atoms with van der Waals surface area (Å²) in [4.78, 5) is 23.3. The summed E-state index contributed by atoms with van der Waals surface area (Å²) in [6, 6.07) is 7.95. The second kappa shape index (κ2) is 10.4. The van der Waals surface area contributed by atoms with Crippen molar-refractivity contribution >= 4 is 11.9 Å². The minimum atomic E-state index is -1.82. The van der Waals surface area contributed by atoms with E-state index in [0.717, 1.165) is 50.2 Å². The summed E-state index contributed by atoms with van der Waals surface area (Å²) >= 11 is 0. The lowest BCUT2D eigenvalue weighted by Crippen LogP contribution is -2.52. The van der Waals surface area contributed by atoms with E-state index in [-0.39, 0.29) is 5.82 Å². The predicted molar refractivity (Wildman–Crippen MR) is 99.9 cm³/mol. The van der Waals surface area contributed by atoms with Crippen LogP contribution >= 0.6 is 0 Å². The molecule has 2 atom stereocenters. The highest BCUT2D eigenvalue weighted by Crippen LogP contribution is 2.28. The van der Waals surface area contributed by atoms with E-state index in [2.05, 4.69) is 16.7 Å². The molecule has 1 aliphatic heterocycles. The number of benzene rings is 1. The maximum absolute atomic E-state index is 13.7. The average Bonchev–Trinajstić information content (AvgIpc) is 2.65. The summed E-state index contributed by atoms with van der Waals surface area (Å²) in [7, 11) is 0. The van der Waals surface area contributed by atoms with Crippen molar-refractivity contribution in [2.75, 3.05) is 26.2 Å². The van der Waals surface area contributed by atoms with Crippen LogP contribution in [0.4, 0.5) is 4.39 Å². The third-order valence-electron chi connectivity index (χ3n) is 5.48. The summed E-state index contributed by atoms with van der Waals surface area (Å²) < 4.78 is 13.7. The molecule has 7 heteroatoms. The second-order valence-corrected chi connectivity index (χ2v) is 7.34. The van der Waals surface area contributed by atoms with Gasteiger partial charge >= 0.3 is 11.9 Å². The Bertz CT molecular complexity index is 620.